The lowest BCUT2D eigenvalue weighted by Gasteiger charge is -2.28. The number of para-hydroxylation sites is 2. The van der Waals surface area contributed by atoms with Crippen LogP contribution in [0.1, 0.15) is 5.56 Å². The van der Waals surface area contributed by atoms with Crippen LogP contribution in [0.2, 0.25) is 0 Å². The average molecular weight is 362 g/mol. The molecule has 1 atom stereocenters. The number of carbonyl (C=O) groups excluding carboxylic acids is 1. The predicted octanol–water partition coefficient (Wildman–Crippen LogP) is 3.25. The maximum Gasteiger partial charge on any atom is 0.267 e. The van der Waals surface area contributed by atoms with Gasteiger partial charge in [-0.1, -0.05) is 40.2 Å². The quantitative estimate of drug-likeness (QED) is 0.842. The minimum atomic E-state index is -0.602. The molecule has 1 heterocycles. The molecule has 114 valence electrons. The van der Waals surface area contributed by atoms with Crippen LogP contribution < -0.4 is 9.47 Å². The fourth-order valence-electron chi connectivity index (χ4n) is 2.33. The highest BCUT2D eigenvalue weighted by atomic mass is 79.9. The highest BCUT2D eigenvalue weighted by Crippen LogP contribution is 2.31. The van der Waals surface area contributed by atoms with Crippen LogP contribution in [0.4, 0.5) is 0 Å². The molecule has 2 aromatic rings. The Morgan fingerprint density at radius 3 is 2.59 bits per heavy atom. The molecule has 1 amide bonds. The van der Waals surface area contributed by atoms with Gasteiger partial charge in [0.15, 0.2) is 11.5 Å². The largest absolute Gasteiger partial charge is 0.485 e. The van der Waals surface area contributed by atoms with Crippen LogP contribution in [0.3, 0.4) is 0 Å². The van der Waals surface area contributed by atoms with Gasteiger partial charge >= 0.3 is 0 Å². The van der Waals surface area contributed by atoms with Gasteiger partial charge in [0.25, 0.3) is 5.91 Å². The molecule has 0 radical (unpaired) electrons. The number of benzene rings is 2. The predicted molar refractivity (Wildman–Crippen MR) is 87.0 cm³/mol. The summed E-state index contributed by atoms with van der Waals surface area (Å²) in [5, 5.41) is 0. The van der Waals surface area contributed by atoms with Crippen molar-refractivity contribution in [1.29, 1.82) is 0 Å². The van der Waals surface area contributed by atoms with Gasteiger partial charge in [0.2, 0.25) is 6.10 Å². The van der Waals surface area contributed by atoms with E-state index in [0.29, 0.717) is 18.0 Å². The van der Waals surface area contributed by atoms with Crippen molar-refractivity contribution in [2.45, 2.75) is 12.6 Å². The van der Waals surface area contributed by atoms with Crippen LogP contribution >= 0.6 is 15.9 Å². The van der Waals surface area contributed by atoms with Gasteiger partial charge in [0.1, 0.15) is 6.61 Å². The number of fused-ring (bicyclic) bond motifs is 1. The van der Waals surface area contributed by atoms with E-state index < -0.39 is 6.10 Å². The van der Waals surface area contributed by atoms with E-state index >= 15 is 0 Å². The molecule has 0 saturated carbocycles. The fourth-order valence-corrected chi connectivity index (χ4v) is 2.59. The number of carbonyl (C=O) groups is 1. The molecular formula is C17H16BrNO3. The topological polar surface area (TPSA) is 38.8 Å². The Morgan fingerprint density at radius 2 is 1.86 bits per heavy atom. The molecule has 1 unspecified atom stereocenters. The summed E-state index contributed by atoms with van der Waals surface area (Å²) in [6, 6.07) is 15.3. The second-order valence-corrected chi connectivity index (χ2v) is 6.10. The lowest BCUT2D eigenvalue weighted by atomic mass is 10.2. The summed E-state index contributed by atoms with van der Waals surface area (Å²) in [5.41, 5.74) is 1.07. The summed E-state index contributed by atoms with van der Waals surface area (Å²) in [6.07, 6.45) is -0.602. The third kappa shape index (κ3) is 3.25. The number of rotatable bonds is 3. The highest BCUT2D eigenvalue weighted by Gasteiger charge is 2.29. The number of ether oxygens (including phenoxy) is 2. The summed E-state index contributed by atoms with van der Waals surface area (Å²) in [5.74, 6) is 1.21. The van der Waals surface area contributed by atoms with Gasteiger partial charge in [-0.15, -0.1) is 0 Å². The third-order valence-corrected chi connectivity index (χ3v) is 4.02. The maximum absolute atomic E-state index is 12.5. The Morgan fingerprint density at radius 1 is 1.18 bits per heavy atom. The van der Waals surface area contributed by atoms with E-state index in [4.69, 9.17) is 9.47 Å². The Labute approximate surface area is 137 Å². The molecule has 0 fully saturated rings. The van der Waals surface area contributed by atoms with Crippen LogP contribution in [-0.2, 0) is 11.3 Å². The number of hydrogen-bond acceptors (Lipinski definition) is 3. The monoisotopic (exact) mass is 361 g/mol. The minimum absolute atomic E-state index is 0.0857. The van der Waals surface area contributed by atoms with Gasteiger partial charge < -0.3 is 14.4 Å². The second kappa shape index (κ2) is 6.40. The summed E-state index contributed by atoms with van der Waals surface area (Å²) >= 11 is 3.40. The van der Waals surface area contributed by atoms with Crippen molar-refractivity contribution in [2.24, 2.45) is 0 Å². The zero-order valence-electron chi connectivity index (χ0n) is 12.2. The van der Waals surface area contributed by atoms with E-state index in [1.165, 1.54) is 0 Å². The Bertz CT molecular complexity index is 672. The zero-order valence-corrected chi connectivity index (χ0v) is 13.7. The molecule has 0 N–H and O–H groups in total. The number of likely N-dealkylation sites (N-methyl/N-ethyl adjacent to an activating group) is 1. The van der Waals surface area contributed by atoms with Gasteiger partial charge in [-0.2, -0.15) is 0 Å². The normalized spacial score (nSPS) is 16.2. The molecule has 0 saturated heterocycles. The van der Waals surface area contributed by atoms with Crippen LogP contribution in [0, 0.1) is 0 Å². The van der Waals surface area contributed by atoms with Crippen molar-refractivity contribution in [2.75, 3.05) is 13.7 Å². The summed E-state index contributed by atoms with van der Waals surface area (Å²) in [4.78, 5) is 14.1. The van der Waals surface area contributed by atoms with E-state index in [9.17, 15) is 4.79 Å². The molecule has 0 spiro atoms. The molecule has 4 nitrogen and oxygen atoms in total. The SMILES string of the molecule is CN(Cc1ccc(Br)cc1)C(=O)C1COc2ccccc2O1. The number of halogens is 1. The summed E-state index contributed by atoms with van der Waals surface area (Å²) in [6.45, 7) is 0.772. The Balaban J connectivity index is 1.65. The molecular weight excluding hydrogens is 346 g/mol. The van der Waals surface area contributed by atoms with Crippen molar-refractivity contribution >= 4 is 21.8 Å². The lowest BCUT2D eigenvalue weighted by molar-refractivity contribution is -0.140. The standard InChI is InChI=1S/C17H16BrNO3/c1-19(10-12-6-8-13(18)9-7-12)17(20)16-11-21-14-4-2-3-5-15(14)22-16/h2-9,16H,10-11H2,1H3. The van der Waals surface area contributed by atoms with Gasteiger partial charge in [0, 0.05) is 18.1 Å². The van der Waals surface area contributed by atoms with Gasteiger partial charge in [-0.05, 0) is 29.8 Å². The molecule has 2 aromatic carbocycles. The molecule has 3 rings (SSSR count). The average Bonchev–Trinajstić information content (AvgIpc) is 2.55. The van der Waals surface area contributed by atoms with Crippen LogP contribution in [0.25, 0.3) is 0 Å². The smallest absolute Gasteiger partial charge is 0.267 e. The molecule has 0 aliphatic carbocycles. The maximum atomic E-state index is 12.5. The van der Waals surface area contributed by atoms with E-state index in [1.54, 1.807) is 11.9 Å². The molecule has 1 aliphatic heterocycles. The number of nitrogens with zero attached hydrogens (tertiary/aromatic N) is 1. The van der Waals surface area contributed by atoms with Crippen LogP contribution in [-0.4, -0.2) is 30.6 Å². The van der Waals surface area contributed by atoms with Crippen molar-refractivity contribution in [3.05, 3.63) is 58.6 Å². The fraction of sp³-hybridized carbons (Fsp3) is 0.235. The minimum Gasteiger partial charge on any atom is -0.485 e. The van der Waals surface area contributed by atoms with Crippen LogP contribution in [0.5, 0.6) is 11.5 Å². The van der Waals surface area contributed by atoms with Crippen molar-refractivity contribution in [3.8, 4) is 11.5 Å². The third-order valence-electron chi connectivity index (χ3n) is 3.49. The first kappa shape index (κ1) is 14.9. The van der Waals surface area contributed by atoms with Crippen molar-refractivity contribution < 1.29 is 14.3 Å². The number of amides is 1. The first-order valence-corrected chi connectivity index (χ1v) is 7.80. The molecule has 0 aromatic heterocycles. The summed E-state index contributed by atoms with van der Waals surface area (Å²) in [7, 11) is 1.77. The van der Waals surface area contributed by atoms with Gasteiger partial charge in [-0.25, -0.2) is 0 Å². The second-order valence-electron chi connectivity index (χ2n) is 5.18. The Kier molecular flexibility index (Phi) is 4.34. The summed E-state index contributed by atoms with van der Waals surface area (Å²) < 4.78 is 12.4. The first-order chi connectivity index (χ1) is 10.6. The van der Waals surface area contributed by atoms with Crippen molar-refractivity contribution in [3.63, 3.8) is 0 Å². The molecule has 1 aliphatic rings. The molecule has 5 heteroatoms. The lowest BCUT2D eigenvalue weighted by Crippen LogP contribution is -2.44. The van der Waals surface area contributed by atoms with Crippen molar-refractivity contribution in [1.82, 2.24) is 4.90 Å². The van der Waals surface area contributed by atoms with E-state index in [2.05, 4.69) is 15.9 Å². The zero-order chi connectivity index (χ0) is 15.5. The Hall–Kier alpha value is -2.01. The van der Waals surface area contributed by atoms with E-state index in [0.717, 1.165) is 10.0 Å². The molecule has 0 bridgehead atoms. The number of hydrogen-bond donors (Lipinski definition) is 0. The first-order valence-electron chi connectivity index (χ1n) is 7.01. The highest BCUT2D eigenvalue weighted by molar-refractivity contribution is 9.10. The van der Waals surface area contributed by atoms with Gasteiger partial charge in [0.05, 0.1) is 0 Å². The van der Waals surface area contributed by atoms with Crippen LogP contribution in [0.15, 0.2) is 53.0 Å². The van der Waals surface area contributed by atoms with Gasteiger partial charge in [-0.3, -0.25) is 4.79 Å². The van der Waals surface area contributed by atoms with E-state index in [-0.39, 0.29) is 12.5 Å². The van der Waals surface area contributed by atoms with E-state index in [1.807, 2.05) is 48.5 Å². The molecule has 22 heavy (non-hydrogen) atoms.